The summed E-state index contributed by atoms with van der Waals surface area (Å²) in [5.41, 5.74) is 0. The van der Waals surface area contributed by atoms with Crippen LogP contribution < -0.4 is 0 Å². The third kappa shape index (κ3) is 77.3. The van der Waals surface area contributed by atoms with Crippen LogP contribution in [0.3, 0.4) is 0 Å². The molecule has 0 aliphatic carbocycles. The molecule has 0 bridgehead atoms. The fourth-order valence-electron chi connectivity index (χ4n) is 0. The number of hydrogen-bond acceptors (Lipinski definition) is 1. The van der Waals surface area contributed by atoms with Gasteiger partial charge in [0.1, 0.15) is 0 Å². The van der Waals surface area contributed by atoms with Crippen molar-refractivity contribution in [3.05, 3.63) is 0 Å². The molecule has 7 heteroatoms. The van der Waals surface area contributed by atoms with E-state index in [9.17, 15) is 0 Å². The molecule has 0 rings (SSSR count). The quantitative estimate of drug-likeness (QED) is 0.262. The molecule has 0 saturated heterocycles. The van der Waals surface area contributed by atoms with Gasteiger partial charge in [0.25, 0.3) is 0 Å². The van der Waals surface area contributed by atoms with Crippen LogP contribution in [0.2, 0.25) is 0 Å². The average molecular weight is 148 g/mol. The van der Waals surface area contributed by atoms with E-state index >= 15 is 0 Å². The molecule has 0 aromatic carbocycles. The molecule has 0 radical (unpaired) electrons. The van der Waals surface area contributed by atoms with E-state index in [1.807, 2.05) is 0 Å². The van der Waals surface area contributed by atoms with E-state index in [-0.39, 0.29) is 52.6 Å². The number of phosphoric acid groups is 1. The number of rotatable bonds is 0. The topological polar surface area (TPSA) is 77.8 Å². The Morgan fingerprint density at radius 2 is 1.14 bits per heavy atom. The van der Waals surface area contributed by atoms with Crippen LogP contribution in [0, 0.1) is 0 Å². The molecule has 0 fully saturated rings. The summed E-state index contributed by atoms with van der Waals surface area (Å²) < 4.78 is 8.88. The Labute approximate surface area is 79.0 Å². The third-order valence-corrected chi connectivity index (χ3v) is 0. The van der Waals surface area contributed by atoms with Crippen molar-refractivity contribution in [3.8, 4) is 0 Å². The van der Waals surface area contributed by atoms with Crippen LogP contribution in [0.5, 0.6) is 0 Å². The Kier molecular flexibility index (Phi) is 13.7. The summed E-state index contributed by atoms with van der Waals surface area (Å²) in [7, 11) is -4.64. The summed E-state index contributed by atoms with van der Waals surface area (Å²) in [6.07, 6.45) is 0. The van der Waals surface area contributed by atoms with E-state index in [2.05, 4.69) is 0 Å². The van der Waals surface area contributed by atoms with Crippen molar-refractivity contribution in [2.45, 2.75) is 0 Å². The zero-order valence-corrected chi connectivity index (χ0v) is 3.09. The van der Waals surface area contributed by atoms with Crippen molar-refractivity contribution in [1.29, 1.82) is 0 Å². The monoisotopic (exact) mass is 148 g/mol. The summed E-state index contributed by atoms with van der Waals surface area (Å²) in [5.74, 6) is 0. The Balaban J connectivity index is -0.0000000800. The van der Waals surface area contributed by atoms with Gasteiger partial charge in [0.15, 0.2) is 0 Å². The van der Waals surface area contributed by atoms with E-state index in [1.54, 1.807) is 0 Å². The van der Waals surface area contributed by atoms with Crippen molar-refractivity contribution in [3.63, 3.8) is 0 Å². The van der Waals surface area contributed by atoms with Gasteiger partial charge in [-0.1, -0.05) is 0 Å². The second-order valence-electron chi connectivity index (χ2n) is 0.513. The number of hydrogen-bond donors (Lipinski definition) is 3. The van der Waals surface area contributed by atoms with E-state index in [0.717, 1.165) is 0 Å². The Bertz CT molecular complexity index is 57.8. The molecule has 0 aromatic heterocycles. The first kappa shape index (κ1) is 15.9. The fourth-order valence-corrected chi connectivity index (χ4v) is 0. The summed E-state index contributed by atoms with van der Waals surface area (Å²) in [4.78, 5) is 21.6. The Morgan fingerprint density at radius 1 is 1.14 bits per heavy atom. The molecule has 0 heterocycles. The SMILES string of the molecule is O=P(O)(O)O.[MgH2].[NaH]. The van der Waals surface area contributed by atoms with Crippen molar-refractivity contribution in [2.75, 3.05) is 0 Å². The van der Waals surface area contributed by atoms with Crippen LogP contribution >= 0.6 is 7.82 Å². The first-order valence-corrected chi connectivity index (χ1v) is 2.35. The molecular formula is H6MgNaO4P. The van der Waals surface area contributed by atoms with Gasteiger partial charge in [-0.3, -0.25) is 0 Å². The maximum absolute atomic E-state index is 8.88. The van der Waals surface area contributed by atoms with Crippen LogP contribution in [0.25, 0.3) is 0 Å². The summed E-state index contributed by atoms with van der Waals surface area (Å²) in [6.45, 7) is 0. The van der Waals surface area contributed by atoms with Crippen molar-refractivity contribution in [1.82, 2.24) is 0 Å². The van der Waals surface area contributed by atoms with Crippen LogP contribution in [0.4, 0.5) is 0 Å². The third-order valence-electron chi connectivity index (χ3n) is 0. The summed E-state index contributed by atoms with van der Waals surface area (Å²) >= 11 is 0. The van der Waals surface area contributed by atoms with Gasteiger partial charge in [0, 0.05) is 0 Å². The molecule has 0 unspecified atom stereocenters. The summed E-state index contributed by atoms with van der Waals surface area (Å²) in [5, 5.41) is 0. The van der Waals surface area contributed by atoms with Gasteiger partial charge in [-0.05, 0) is 0 Å². The minimum absolute atomic E-state index is 0. The molecule has 3 N–H and O–H groups in total. The predicted molar refractivity (Wildman–Crippen MR) is 30.0 cm³/mol. The molecule has 0 spiro atoms. The zero-order chi connectivity index (χ0) is 4.50. The second kappa shape index (κ2) is 6.00. The fraction of sp³-hybridized carbons (Fsp3) is 0. The van der Waals surface area contributed by atoms with Gasteiger partial charge in [-0.15, -0.1) is 0 Å². The molecule has 7 heavy (non-hydrogen) atoms. The van der Waals surface area contributed by atoms with Crippen LogP contribution in [0.1, 0.15) is 0 Å². The van der Waals surface area contributed by atoms with Gasteiger partial charge in [0.2, 0.25) is 0 Å². The van der Waals surface area contributed by atoms with E-state index in [1.165, 1.54) is 0 Å². The van der Waals surface area contributed by atoms with Gasteiger partial charge in [-0.25, -0.2) is 4.57 Å². The van der Waals surface area contributed by atoms with Gasteiger partial charge in [-0.2, -0.15) is 0 Å². The molecule has 0 amide bonds. The average Bonchev–Trinajstić information content (AvgIpc) is 0.722. The van der Waals surface area contributed by atoms with Gasteiger partial charge >= 0.3 is 60.4 Å². The summed E-state index contributed by atoms with van der Waals surface area (Å²) in [6, 6.07) is 0. The van der Waals surface area contributed by atoms with E-state index in [4.69, 9.17) is 19.2 Å². The zero-order valence-electron chi connectivity index (χ0n) is 2.20. The van der Waals surface area contributed by atoms with Crippen molar-refractivity contribution in [2.24, 2.45) is 0 Å². The Morgan fingerprint density at radius 3 is 1.14 bits per heavy atom. The van der Waals surface area contributed by atoms with Gasteiger partial charge in [0.05, 0.1) is 0 Å². The second-order valence-corrected chi connectivity index (χ2v) is 1.54. The van der Waals surface area contributed by atoms with Gasteiger partial charge < -0.3 is 14.7 Å². The normalized spacial score (nSPS) is 8.43. The van der Waals surface area contributed by atoms with E-state index < -0.39 is 7.82 Å². The van der Waals surface area contributed by atoms with Crippen LogP contribution in [-0.4, -0.2) is 67.3 Å². The molecule has 0 atom stereocenters. The standard InChI is InChI=1S/Mg.Na.H3O4P.3H/c;;1-5(2,3)4;;;/h;;(H3,1,2,3,4);;;. The molecule has 0 aliphatic heterocycles. The minimum atomic E-state index is -4.64. The molecular weight excluding hydrogens is 142 g/mol. The van der Waals surface area contributed by atoms with Crippen molar-refractivity contribution >= 4 is 60.4 Å². The maximum atomic E-state index is 8.88. The first-order chi connectivity index (χ1) is 2.00. The Hall–Kier alpha value is 1.88. The van der Waals surface area contributed by atoms with E-state index in [0.29, 0.717) is 0 Å². The van der Waals surface area contributed by atoms with Crippen molar-refractivity contribution < 1.29 is 19.2 Å². The molecule has 0 aliphatic rings. The molecule has 0 saturated carbocycles. The molecule has 38 valence electrons. The predicted octanol–water partition coefficient (Wildman–Crippen LogP) is -2.49. The molecule has 0 aromatic rings. The van der Waals surface area contributed by atoms with Crippen LogP contribution in [0.15, 0.2) is 0 Å². The van der Waals surface area contributed by atoms with Crippen LogP contribution in [-0.2, 0) is 4.57 Å². The molecule has 4 nitrogen and oxygen atoms in total. The first-order valence-electron chi connectivity index (χ1n) is 0.783.